The van der Waals surface area contributed by atoms with Crippen LogP contribution in [0.1, 0.15) is 189 Å². The maximum atomic E-state index is 12.0. The summed E-state index contributed by atoms with van der Waals surface area (Å²) in [6.45, 7) is 14.4. The molecule has 0 aromatic heterocycles. The van der Waals surface area contributed by atoms with E-state index in [2.05, 4.69) is 59.8 Å². The van der Waals surface area contributed by atoms with Crippen LogP contribution in [0.3, 0.4) is 0 Å². The lowest BCUT2D eigenvalue weighted by atomic mass is 9.91. The number of unbranched alkanes of at least 4 members (excludes halogenated alkanes) is 11. The Hall–Kier alpha value is -1.05. The Morgan fingerprint density at radius 1 is 0.600 bits per heavy atom. The Morgan fingerprint density at radius 2 is 1.10 bits per heavy atom. The smallest absolute Gasteiger partial charge is 0.306 e. The van der Waals surface area contributed by atoms with Crippen molar-refractivity contribution in [2.75, 3.05) is 6.61 Å². The van der Waals surface area contributed by atoms with Gasteiger partial charge in [-0.1, -0.05) is 149 Å². The standard InChI is InChI=1S/C38H72O2/c1-7-8-9-10-11-12-13-14-15-16-17-18-19-20-21-31-38(39)40-33-32-37(6)30-24-29-36(5)28-23-27-35(4)26-22-25-34(2)3/h12-13,32,34-36H,7-11,14-31,33H2,1-6H3/b13-12-,37-32+/t35-,36-/m1/s1. The lowest BCUT2D eigenvalue weighted by Crippen LogP contribution is -2.04. The number of carbonyl (C=O) groups excluding carboxylic acids is 1. The van der Waals surface area contributed by atoms with Gasteiger partial charge in [-0.3, -0.25) is 4.79 Å². The molecule has 0 heterocycles. The quantitative estimate of drug-likeness (QED) is 0.0516. The lowest BCUT2D eigenvalue weighted by Gasteiger charge is -2.15. The summed E-state index contributed by atoms with van der Waals surface area (Å²) in [7, 11) is 0. The van der Waals surface area contributed by atoms with Crippen molar-refractivity contribution >= 4 is 5.97 Å². The van der Waals surface area contributed by atoms with Gasteiger partial charge in [0.1, 0.15) is 6.61 Å². The number of rotatable bonds is 29. The molecule has 40 heavy (non-hydrogen) atoms. The normalized spacial score (nSPS) is 13.8. The second-order valence-corrected chi connectivity index (χ2v) is 13.4. The molecule has 236 valence electrons. The Balaban J connectivity index is 3.56. The van der Waals surface area contributed by atoms with Gasteiger partial charge >= 0.3 is 5.97 Å². The van der Waals surface area contributed by atoms with Crippen LogP contribution >= 0.6 is 0 Å². The molecule has 0 aliphatic heterocycles. The fourth-order valence-electron chi connectivity index (χ4n) is 5.50. The van der Waals surface area contributed by atoms with Crippen molar-refractivity contribution in [2.24, 2.45) is 17.8 Å². The van der Waals surface area contributed by atoms with Crippen molar-refractivity contribution in [2.45, 2.75) is 189 Å². The number of allylic oxidation sites excluding steroid dienone is 3. The molecule has 0 aliphatic rings. The van der Waals surface area contributed by atoms with E-state index in [9.17, 15) is 4.79 Å². The molecule has 2 nitrogen and oxygen atoms in total. The molecular weight excluding hydrogens is 488 g/mol. The molecule has 0 radical (unpaired) electrons. The van der Waals surface area contributed by atoms with E-state index in [1.807, 2.05) is 0 Å². The molecule has 0 fully saturated rings. The van der Waals surface area contributed by atoms with Crippen LogP contribution in [0, 0.1) is 17.8 Å². The van der Waals surface area contributed by atoms with Crippen LogP contribution in [0.4, 0.5) is 0 Å². The van der Waals surface area contributed by atoms with Crippen LogP contribution in [-0.4, -0.2) is 12.6 Å². The molecule has 0 saturated heterocycles. The van der Waals surface area contributed by atoms with E-state index in [0.717, 1.165) is 37.0 Å². The summed E-state index contributed by atoms with van der Waals surface area (Å²) in [5.74, 6) is 2.52. The molecular formula is C38H72O2. The Morgan fingerprint density at radius 3 is 1.68 bits per heavy atom. The molecule has 2 atom stereocenters. The molecule has 0 aromatic rings. The van der Waals surface area contributed by atoms with E-state index in [4.69, 9.17) is 4.74 Å². The van der Waals surface area contributed by atoms with Gasteiger partial charge in [-0.05, 0) is 75.7 Å². The maximum absolute atomic E-state index is 12.0. The van der Waals surface area contributed by atoms with Crippen molar-refractivity contribution in [1.29, 1.82) is 0 Å². The average molecular weight is 561 g/mol. The van der Waals surface area contributed by atoms with Crippen molar-refractivity contribution < 1.29 is 9.53 Å². The van der Waals surface area contributed by atoms with Crippen LogP contribution in [-0.2, 0) is 9.53 Å². The summed E-state index contributed by atoms with van der Waals surface area (Å²) in [4.78, 5) is 12.0. The molecule has 0 aromatic carbocycles. The number of hydrogen-bond acceptors (Lipinski definition) is 2. The zero-order valence-corrected chi connectivity index (χ0v) is 28.3. The minimum Gasteiger partial charge on any atom is -0.461 e. The van der Waals surface area contributed by atoms with Crippen molar-refractivity contribution in [3.63, 3.8) is 0 Å². The molecule has 0 aliphatic carbocycles. The van der Waals surface area contributed by atoms with E-state index in [1.54, 1.807) is 0 Å². The predicted octanol–water partition coefficient (Wildman–Crippen LogP) is 13.0. The second kappa shape index (κ2) is 29.4. The van der Waals surface area contributed by atoms with Gasteiger partial charge in [0.05, 0.1) is 0 Å². The van der Waals surface area contributed by atoms with Gasteiger partial charge in [-0.15, -0.1) is 0 Å². The van der Waals surface area contributed by atoms with E-state index < -0.39 is 0 Å². The van der Waals surface area contributed by atoms with Gasteiger partial charge in [-0.25, -0.2) is 0 Å². The number of hydrogen-bond donors (Lipinski definition) is 0. The van der Waals surface area contributed by atoms with Gasteiger partial charge in [0.15, 0.2) is 0 Å². The van der Waals surface area contributed by atoms with Crippen LogP contribution < -0.4 is 0 Å². The maximum Gasteiger partial charge on any atom is 0.306 e. The van der Waals surface area contributed by atoms with Crippen LogP contribution in [0.15, 0.2) is 23.8 Å². The molecule has 0 bridgehead atoms. The summed E-state index contributed by atoms with van der Waals surface area (Å²) >= 11 is 0. The summed E-state index contributed by atoms with van der Waals surface area (Å²) in [5.41, 5.74) is 1.36. The number of carbonyl (C=O) groups is 1. The van der Waals surface area contributed by atoms with E-state index in [-0.39, 0.29) is 5.97 Å². The topological polar surface area (TPSA) is 26.3 Å². The van der Waals surface area contributed by atoms with E-state index in [0.29, 0.717) is 13.0 Å². The van der Waals surface area contributed by atoms with Crippen LogP contribution in [0.5, 0.6) is 0 Å². The van der Waals surface area contributed by atoms with Crippen LogP contribution in [0.2, 0.25) is 0 Å². The molecule has 0 N–H and O–H groups in total. The third-order valence-electron chi connectivity index (χ3n) is 8.46. The highest BCUT2D eigenvalue weighted by Crippen LogP contribution is 2.22. The average Bonchev–Trinajstić information content (AvgIpc) is 2.90. The first-order chi connectivity index (χ1) is 19.3. The third kappa shape index (κ3) is 29.9. The highest BCUT2D eigenvalue weighted by molar-refractivity contribution is 5.69. The molecule has 2 heteroatoms. The Labute approximate surface area is 252 Å². The zero-order chi connectivity index (χ0) is 29.7. The number of ether oxygens (including phenoxy) is 1. The summed E-state index contributed by atoms with van der Waals surface area (Å²) in [5, 5.41) is 0. The molecule has 0 unspecified atom stereocenters. The van der Waals surface area contributed by atoms with Gasteiger partial charge in [0.2, 0.25) is 0 Å². The minimum atomic E-state index is -0.0300. The predicted molar refractivity (Wildman–Crippen MR) is 179 cm³/mol. The van der Waals surface area contributed by atoms with Crippen molar-refractivity contribution in [3.8, 4) is 0 Å². The SMILES string of the molecule is CCCCCC/C=C\CCCCCCCCCC(=O)OC/C=C(\C)CCC[C@H](C)CCC[C@H](C)CCCC(C)C. The lowest BCUT2D eigenvalue weighted by molar-refractivity contribution is -0.142. The first kappa shape index (κ1) is 39.0. The first-order valence-corrected chi connectivity index (χ1v) is 17.8. The van der Waals surface area contributed by atoms with E-state index in [1.165, 1.54) is 128 Å². The van der Waals surface area contributed by atoms with Gasteiger partial charge in [-0.2, -0.15) is 0 Å². The Kier molecular flexibility index (Phi) is 28.7. The van der Waals surface area contributed by atoms with Gasteiger partial charge < -0.3 is 4.74 Å². The van der Waals surface area contributed by atoms with Crippen molar-refractivity contribution in [3.05, 3.63) is 23.8 Å². The molecule has 0 spiro atoms. The largest absolute Gasteiger partial charge is 0.461 e. The molecule has 0 rings (SSSR count). The summed E-state index contributed by atoms with van der Waals surface area (Å²) < 4.78 is 5.45. The third-order valence-corrected chi connectivity index (χ3v) is 8.46. The monoisotopic (exact) mass is 561 g/mol. The molecule has 0 amide bonds. The zero-order valence-electron chi connectivity index (χ0n) is 28.3. The minimum absolute atomic E-state index is 0.0300. The van der Waals surface area contributed by atoms with Crippen LogP contribution in [0.25, 0.3) is 0 Å². The fourth-order valence-corrected chi connectivity index (χ4v) is 5.50. The van der Waals surface area contributed by atoms with Gasteiger partial charge in [0.25, 0.3) is 0 Å². The second-order valence-electron chi connectivity index (χ2n) is 13.4. The number of esters is 1. The van der Waals surface area contributed by atoms with Gasteiger partial charge in [0, 0.05) is 6.42 Å². The Bertz CT molecular complexity index is 603. The van der Waals surface area contributed by atoms with Crippen molar-refractivity contribution in [1.82, 2.24) is 0 Å². The first-order valence-electron chi connectivity index (χ1n) is 17.8. The highest BCUT2D eigenvalue weighted by atomic mass is 16.5. The summed E-state index contributed by atoms with van der Waals surface area (Å²) in [6.07, 6.45) is 36.0. The van der Waals surface area contributed by atoms with E-state index >= 15 is 0 Å². The highest BCUT2D eigenvalue weighted by Gasteiger charge is 2.07. The molecule has 0 saturated carbocycles. The summed E-state index contributed by atoms with van der Waals surface area (Å²) in [6, 6.07) is 0. The fraction of sp³-hybridized carbons (Fsp3) is 0.868.